The molecular weight excluding hydrogens is 1450 g/mol. The number of carbonyl (C=O) groups is 14. The topological polar surface area (TPSA) is 442 Å². The molecule has 0 aromatic heterocycles. The lowest BCUT2D eigenvalue weighted by Crippen LogP contribution is -2.64. The first-order valence-corrected chi connectivity index (χ1v) is 38.1. The molecule has 30 nitrogen and oxygen atoms in total. The van der Waals surface area contributed by atoms with Gasteiger partial charge in [0.15, 0.2) is 0 Å². The molecule has 2 fully saturated rings. The number of nitrogens with one attached hydrogen (secondary N) is 12. The number of cyclic esters (lactones) is 1. The van der Waals surface area contributed by atoms with E-state index in [0.29, 0.717) is 12.0 Å². The molecular formula is C78H117F3N14O16. The maximum absolute atomic E-state index is 15.1. The first-order chi connectivity index (χ1) is 52.0. The fourth-order valence-electron chi connectivity index (χ4n) is 12.4. The molecule has 616 valence electrons. The lowest BCUT2D eigenvalue weighted by Gasteiger charge is -2.33. The van der Waals surface area contributed by atoms with E-state index in [0.717, 1.165) is 30.3 Å². The zero-order chi connectivity index (χ0) is 83.6. The molecule has 0 bridgehead atoms. The normalized spacial score (nSPS) is 22.1. The van der Waals surface area contributed by atoms with Crippen molar-refractivity contribution in [1.82, 2.24) is 68.7 Å². The molecule has 16 atom stereocenters. The molecule has 2 aliphatic heterocycles. The maximum atomic E-state index is 15.1. The summed E-state index contributed by atoms with van der Waals surface area (Å²) < 4.78 is 45.3. The number of ether oxygens (including phenoxy) is 1. The van der Waals surface area contributed by atoms with Gasteiger partial charge in [-0.25, -0.2) is 4.79 Å². The summed E-state index contributed by atoms with van der Waals surface area (Å²) in [6.45, 7) is 26.9. The number of amides is 13. The van der Waals surface area contributed by atoms with Crippen LogP contribution in [0, 0.1) is 41.4 Å². The number of nitrogens with zero attached hydrogens (tertiary/aromatic N) is 1. The highest BCUT2D eigenvalue weighted by Gasteiger charge is 2.45. The number of esters is 1. The van der Waals surface area contributed by atoms with E-state index in [1.165, 1.54) is 37.8 Å². The van der Waals surface area contributed by atoms with Crippen molar-refractivity contribution >= 4 is 88.8 Å². The minimum Gasteiger partial charge on any atom is -0.458 e. The maximum Gasteiger partial charge on any atom is 0.416 e. The van der Waals surface area contributed by atoms with Gasteiger partial charge in [0.05, 0.1) is 11.7 Å². The Balaban J connectivity index is 1.61. The largest absolute Gasteiger partial charge is 0.458 e. The van der Waals surface area contributed by atoms with Gasteiger partial charge in [-0.05, 0) is 124 Å². The summed E-state index contributed by atoms with van der Waals surface area (Å²) in [5.41, 5.74) is 5.67. The number of alkyl halides is 3. The van der Waals surface area contributed by atoms with Crippen LogP contribution in [-0.4, -0.2) is 191 Å². The third kappa shape index (κ3) is 27.6. The predicted octanol–water partition coefficient (Wildman–Crippen LogP) is 2.74. The summed E-state index contributed by atoms with van der Waals surface area (Å²) in [4.78, 5) is 202. The molecule has 13 amide bonds. The average Bonchev–Trinajstić information content (AvgIpc) is 1.75. The van der Waals surface area contributed by atoms with Crippen molar-refractivity contribution in [1.29, 1.82) is 0 Å². The molecule has 2 aliphatic rings. The summed E-state index contributed by atoms with van der Waals surface area (Å²) in [6, 6.07) is -4.47. The summed E-state index contributed by atoms with van der Waals surface area (Å²) in [7, 11) is 0. The lowest BCUT2D eigenvalue weighted by molar-refractivity contribution is -0.157. The fraction of sp³-hybridized carbons (Fsp3) is 0.615. The Hall–Kier alpha value is -9.79. The highest BCUT2D eigenvalue weighted by Crippen LogP contribution is 2.30. The van der Waals surface area contributed by atoms with Crippen molar-refractivity contribution in [3.8, 4) is 0 Å². The molecule has 2 aromatic rings. The van der Waals surface area contributed by atoms with Crippen LogP contribution in [0.5, 0.6) is 0 Å². The van der Waals surface area contributed by atoms with Crippen LogP contribution in [0.3, 0.4) is 0 Å². The molecule has 2 aromatic carbocycles. The van der Waals surface area contributed by atoms with Crippen molar-refractivity contribution < 1.29 is 90.1 Å². The van der Waals surface area contributed by atoms with Crippen LogP contribution in [0.2, 0.25) is 0 Å². The second-order valence-corrected chi connectivity index (χ2v) is 30.3. The second-order valence-electron chi connectivity index (χ2n) is 30.3. The van der Waals surface area contributed by atoms with E-state index in [4.69, 9.17) is 10.5 Å². The minimum atomic E-state index is -4.58. The zero-order valence-electron chi connectivity index (χ0n) is 66.6. The molecule has 15 N–H and O–H groups in total. The van der Waals surface area contributed by atoms with Gasteiger partial charge in [0.1, 0.15) is 84.3 Å². The Kier molecular flexibility index (Phi) is 36.9. The third-order valence-corrected chi connectivity index (χ3v) is 19.7. The molecule has 33 heteroatoms. The molecule has 2 saturated heterocycles. The Bertz CT molecular complexity index is 3630. The summed E-state index contributed by atoms with van der Waals surface area (Å²) in [5.74, 6) is -17.0. The van der Waals surface area contributed by atoms with Gasteiger partial charge >= 0.3 is 12.1 Å². The smallest absolute Gasteiger partial charge is 0.416 e. The second kappa shape index (κ2) is 43.7. The van der Waals surface area contributed by atoms with Crippen LogP contribution in [-0.2, 0) is 84.5 Å². The van der Waals surface area contributed by atoms with Gasteiger partial charge in [0.25, 0.3) is 5.91 Å². The van der Waals surface area contributed by atoms with E-state index in [1.807, 2.05) is 0 Å². The van der Waals surface area contributed by atoms with Crippen LogP contribution in [0.25, 0.3) is 6.08 Å². The molecule has 4 rings (SSSR count). The highest BCUT2D eigenvalue weighted by molar-refractivity contribution is 6.03. The number of aliphatic hydroxyl groups is 1. The number of rotatable bonds is 31. The van der Waals surface area contributed by atoms with Gasteiger partial charge in [0.2, 0.25) is 70.9 Å². The number of aliphatic hydroxyl groups excluding tert-OH is 1. The van der Waals surface area contributed by atoms with Crippen LogP contribution in [0.15, 0.2) is 72.4 Å². The number of halogens is 3. The highest BCUT2D eigenvalue weighted by atomic mass is 19.4. The van der Waals surface area contributed by atoms with Crippen LogP contribution >= 0.6 is 0 Å². The van der Waals surface area contributed by atoms with Crippen molar-refractivity contribution in [3.63, 3.8) is 0 Å². The number of likely N-dealkylation sites (tertiary alicyclic amines) is 1. The van der Waals surface area contributed by atoms with E-state index in [-0.39, 0.29) is 62.9 Å². The number of hydrogen-bond acceptors (Lipinski definition) is 17. The van der Waals surface area contributed by atoms with Gasteiger partial charge in [-0.15, -0.1) is 0 Å². The van der Waals surface area contributed by atoms with E-state index >= 15 is 9.59 Å². The molecule has 111 heavy (non-hydrogen) atoms. The summed E-state index contributed by atoms with van der Waals surface area (Å²) >= 11 is 0. The molecule has 4 unspecified atom stereocenters. The standard InChI is InChI=1S/C78H117F3N14O16/c1-18-44(14)61(73(106)94-64-47(17)111-77(110)60(43(12)13)90-65(98)51(20-3)83-67(100)53(38-49-26-22-21-23-27-49)85-69(102)57(40(6)7)87-72(105)62(45(15)19-2)92-75(64)108)91-66(99)52(28-24-36-82)84-68(101)54-29-25-37-95(54)76(109)59(42(10)11)89-71(104)58(41(8)9)88-74(107)63(46(16)96)93-70(103)56(39(4)5)86-55(97)35-32-48-30-33-50(34-31-48)78(79,80)81/h20-23,26-27,30-35,39-47,52-54,56-64,96H,18-19,24-25,28-29,36-38,82H2,1-17H3,(H,83,100)(H,84,101)(H,85,102)(H,86,97)(H,87,105)(H,88,107)(H,89,104)(H,90,98)(H,91,99)(H,92,108)(H,93,103)(H,94,106)/b35-32+,51-20+/t44?,45?,46?,47?,52-,53-,54+,56+,57+,58-,59+,60-,61+,62+,63-,64+/m0/s1. The number of nitrogens with two attached hydrogens (primary N) is 1. The number of hydrogen-bond donors (Lipinski definition) is 14. The lowest BCUT2D eigenvalue weighted by atomic mass is 9.95. The van der Waals surface area contributed by atoms with Crippen LogP contribution < -0.4 is 69.5 Å². The van der Waals surface area contributed by atoms with E-state index in [1.54, 1.807) is 127 Å². The minimum absolute atomic E-state index is 0.0275. The predicted molar refractivity (Wildman–Crippen MR) is 407 cm³/mol. The first kappa shape index (κ1) is 93.6. The molecule has 0 radical (unpaired) electrons. The van der Waals surface area contributed by atoms with Crippen molar-refractivity contribution in [3.05, 3.63) is 89.1 Å². The Morgan fingerprint density at radius 3 is 1.70 bits per heavy atom. The zero-order valence-corrected chi connectivity index (χ0v) is 66.6. The Labute approximate surface area is 648 Å². The van der Waals surface area contributed by atoms with E-state index in [2.05, 4.69) is 63.8 Å². The van der Waals surface area contributed by atoms with Gasteiger partial charge in [-0.3, -0.25) is 62.3 Å². The molecule has 0 saturated carbocycles. The van der Waals surface area contributed by atoms with Crippen LogP contribution in [0.1, 0.15) is 173 Å². The Morgan fingerprint density at radius 2 is 1.17 bits per heavy atom. The first-order valence-electron chi connectivity index (χ1n) is 38.1. The van der Waals surface area contributed by atoms with E-state index in [9.17, 15) is 75.8 Å². The number of benzene rings is 2. The number of carbonyl (C=O) groups excluding carboxylic acids is 14. The van der Waals surface area contributed by atoms with Crippen molar-refractivity contribution in [2.75, 3.05) is 13.1 Å². The summed E-state index contributed by atoms with van der Waals surface area (Å²) in [5, 5.41) is 42.6. The van der Waals surface area contributed by atoms with Gasteiger partial charge in [-0.1, -0.05) is 158 Å². The van der Waals surface area contributed by atoms with Gasteiger partial charge in [0, 0.05) is 19.0 Å². The van der Waals surface area contributed by atoms with Gasteiger partial charge < -0.3 is 84.3 Å². The fourth-order valence-corrected chi connectivity index (χ4v) is 12.4. The SMILES string of the molecule is C/C=C1/NC(=O)[C@H](Cc2ccccc2)NC(=O)[C@@H](C(C)C)NC(=O)[C@@H](C(C)CC)NC(=O)[C@H](NC(=O)[C@H](NC(=O)[C@H](CCCN)NC(=O)[C@H]2CCCN2C(=O)[C@H](NC(=O)[C@@H](NC(=O)[C@@H](NC(=O)[C@H](NC(=O)/C=C/c2ccc(C(F)(F)F)cc2)C(C)C)C(C)O)C(C)C)C(C)C)C(C)CC)C(C)OC(=O)[C@H](C(C)C)NC1=O. The number of allylic oxidation sites excluding steroid dienone is 1. The Morgan fingerprint density at radius 1 is 0.631 bits per heavy atom. The molecule has 2 heterocycles. The van der Waals surface area contributed by atoms with E-state index < -0.39 is 221 Å². The average molecular weight is 1560 g/mol. The molecule has 0 spiro atoms. The molecule has 0 aliphatic carbocycles. The van der Waals surface area contributed by atoms with Crippen molar-refractivity contribution in [2.45, 2.75) is 254 Å². The third-order valence-electron chi connectivity index (χ3n) is 19.7. The van der Waals surface area contributed by atoms with Gasteiger partial charge in [-0.2, -0.15) is 13.2 Å². The monoisotopic (exact) mass is 1560 g/mol. The van der Waals surface area contributed by atoms with Crippen molar-refractivity contribution in [2.24, 2.45) is 47.2 Å². The quantitative estimate of drug-likeness (QED) is 0.0381. The van der Waals surface area contributed by atoms with Crippen LogP contribution in [0.4, 0.5) is 13.2 Å². The summed E-state index contributed by atoms with van der Waals surface area (Å²) in [6.07, 6.45) is -3.26.